The number of hydrogen-bond acceptors (Lipinski definition) is 2. The second-order valence-corrected chi connectivity index (χ2v) is 6.33. The standard InChI is InChI=1S/C19H19F3N2O/c1-11(13-4-9-16(21)17(22)10-13)23-18(19(25)24-15-7-8-15)12-2-5-14(20)6-3-12/h2-6,9-11,15,18,23H,7-8H2,1H3,(H,24,25). The van der Waals surface area contributed by atoms with E-state index < -0.39 is 29.5 Å². The Hall–Kier alpha value is -2.34. The van der Waals surface area contributed by atoms with E-state index >= 15 is 0 Å². The van der Waals surface area contributed by atoms with Gasteiger partial charge in [-0.2, -0.15) is 0 Å². The van der Waals surface area contributed by atoms with Crippen LogP contribution in [0.15, 0.2) is 42.5 Å². The molecule has 1 saturated carbocycles. The third-order valence-corrected chi connectivity index (χ3v) is 4.25. The minimum atomic E-state index is -0.938. The van der Waals surface area contributed by atoms with Crippen molar-refractivity contribution in [3.8, 4) is 0 Å². The molecule has 0 aromatic heterocycles. The van der Waals surface area contributed by atoms with Crippen LogP contribution in [0.2, 0.25) is 0 Å². The first-order chi connectivity index (χ1) is 11.9. The van der Waals surface area contributed by atoms with Crippen molar-refractivity contribution in [3.05, 3.63) is 71.0 Å². The predicted octanol–water partition coefficient (Wildman–Crippen LogP) is 3.77. The van der Waals surface area contributed by atoms with Crippen LogP contribution in [0.25, 0.3) is 0 Å². The van der Waals surface area contributed by atoms with Gasteiger partial charge in [0.1, 0.15) is 11.9 Å². The van der Waals surface area contributed by atoms with E-state index in [0.717, 1.165) is 25.0 Å². The highest BCUT2D eigenvalue weighted by atomic mass is 19.2. The number of hydrogen-bond donors (Lipinski definition) is 2. The molecule has 2 aromatic rings. The zero-order valence-electron chi connectivity index (χ0n) is 13.7. The second kappa shape index (κ2) is 7.27. The number of benzene rings is 2. The van der Waals surface area contributed by atoms with Crippen LogP contribution in [0.1, 0.15) is 43.0 Å². The summed E-state index contributed by atoms with van der Waals surface area (Å²) in [6.07, 6.45) is 1.89. The molecule has 0 bridgehead atoms. The Morgan fingerprint density at radius 3 is 2.24 bits per heavy atom. The number of carbonyl (C=O) groups is 1. The van der Waals surface area contributed by atoms with Crippen LogP contribution in [0.5, 0.6) is 0 Å². The molecule has 1 aliphatic rings. The molecule has 25 heavy (non-hydrogen) atoms. The number of amides is 1. The summed E-state index contributed by atoms with van der Waals surface area (Å²) in [6, 6.07) is 8.34. The molecule has 0 aliphatic heterocycles. The van der Waals surface area contributed by atoms with Gasteiger partial charge in [-0.15, -0.1) is 0 Å². The van der Waals surface area contributed by atoms with Gasteiger partial charge in [-0.05, 0) is 55.2 Å². The van der Waals surface area contributed by atoms with E-state index in [4.69, 9.17) is 0 Å². The van der Waals surface area contributed by atoms with Crippen LogP contribution in [-0.4, -0.2) is 11.9 Å². The van der Waals surface area contributed by atoms with Gasteiger partial charge in [-0.25, -0.2) is 13.2 Å². The average Bonchev–Trinajstić information content (AvgIpc) is 3.39. The summed E-state index contributed by atoms with van der Waals surface area (Å²) < 4.78 is 39.8. The molecule has 1 fully saturated rings. The maximum absolute atomic E-state index is 13.5. The number of nitrogens with one attached hydrogen (secondary N) is 2. The molecule has 132 valence electrons. The number of rotatable bonds is 6. The molecule has 2 atom stereocenters. The molecule has 0 heterocycles. The molecular weight excluding hydrogens is 329 g/mol. The first kappa shape index (κ1) is 17.5. The third-order valence-electron chi connectivity index (χ3n) is 4.25. The van der Waals surface area contributed by atoms with Gasteiger partial charge >= 0.3 is 0 Å². The van der Waals surface area contributed by atoms with Crippen LogP contribution in [-0.2, 0) is 4.79 Å². The smallest absolute Gasteiger partial charge is 0.241 e. The number of halogens is 3. The summed E-state index contributed by atoms with van der Waals surface area (Å²) in [5.41, 5.74) is 1.12. The zero-order valence-corrected chi connectivity index (χ0v) is 13.7. The Morgan fingerprint density at radius 2 is 1.64 bits per heavy atom. The van der Waals surface area contributed by atoms with E-state index in [9.17, 15) is 18.0 Å². The first-order valence-electron chi connectivity index (χ1n) is 8.21. The minimum Gasteiger partial charge on any atom is -0.352 e. The molecule has 0 saturated heterocycles. The minimum absolute atomic E-state index is 0.177. The van der Waals surface area contributed by atoms with Crippen molar-refractivity contribution in [3.63, 3.8) is 0 Å². The molecule has 2 aromatic carbocycles. The van der Waals surface area contributed by atoms with E-state index in [1.165, 1.54) is 30.3 Å². The summed E-state index contributed by atoms with van der Waals surface area (Å²) in [5, 5.41) is 6.04. The van der Waals surface area contributed by atoms with Gasteiger partial charge in [0.05, 0.1) is 0 Å². The zero-order chi connectivity index (χ0) is 18.0. The quantitative estimate of drug-likeness (QED) is 0.834. The molecule has 0 spiro atoms. The Labute approximate surface area is 144 Å². The van der Waals surface area contributed by atoms with Gasteiger partial charge in [-0.1, -0.05) is 18.2 Å². The van der Waals surface area contributed by atoms with E-state index in [1.54, 1.807) is 6.92 Å². The topological polar surface area (TPSA) is 41.1 Å². The fourth-order valence-electron chi connectivity index (χ4n) is 2.62. The van der Waals surface area contributed by atoms with E-state index in [2.05, 4.69) is 10.6 Å². The lowest BCUT2D eigenvalue weighted by atomic mass is 10.0. The summed E-state index contributed by atoms with van der Waals surface area (Å²) in [6.45, 7) is 1.76. The third kappa shape index (κ3) is 4.39. The fourth-order valence-corrected chi connectivity index (χ4v) is 2.62. The van der Waals surface area contributed by atoms with E-state index in [-0.39, 0.29) is 11.9 Å². The Balaban J connectivity index is 1.81. The molecule has 6 heteroatoms. The highest BCUT2D eigenvalue weighted by Crippen LogP contribution is 2.24. The average molecular weight is 348 g/mol. The summed E-state index contributed by atoms with van der Waals surface area (Å²) in [4.78, 5) is 12.6. The van der Waals surface area contributed by atoms with Gasteiger partial charge in [0.25, 0.3) is 0 Å². The van der Waals surface area contributed by atoms with Gasteiger partial charge in [-0.3, -0.25) is 10.1 Å². The largest absolute Gasteiger partial charge is 0.352 e. The molecule has 1 amide bonds. The van der Waals surface area contributed by atoms with Crippen molar-refractivity contribution >= 4 is 5.91 Å². The van der Waals surface area contributed by atoms with Crippen molar-refractivity contribution in [2.75, 3.05) is 0 Å². The normalized spacial score (nSPS) is 16.3. The molecule has 3 rings (SSSR count). The van der Waals surface area contributed by atoms with Gasteiger partial charge in [0, 0.05) is 12.1 Å². The van der Waals surface area contributed by atoms with Gasteiger partial charge < -0.3 is 5.32 Å². The van der Waals surface area contributed by atoms with Crippen LogP contribution >= 0.6 is 0 Å². The monoisotopic (exact) mass is 348 g/mol. The number of carbonyl (C=O) groups excluding carboxylic acids is 1. The first-order valence-corrected chi connectivity index (χ1v) is 8.21. The summed E-state index contributed by atoms with van der Waals surface area (Å²) >= 11 is 0. The Morgan fingerprint density at radius 1 is 1.00 bits per heavy atom. The summed E-state index contributed by atoms with van der Waals surface area (Å²) in [5.74, 6) is -2.47. The molecule has 3 nitrogen and oxygen atoms in total. The molecular formula is C19H19F3N2O. The maximum atomic E-state index is 13.5. The fraction of sp³-hybridized carbons (Fsp3) is 0.316. The van der Waals surface area contributed by atoms with Crippen molar-refractivity contribution in [1.82, 2.24) is 10.6 Å². The van der Waals surface area contributed by atoms with E-state index in [0.29, 0.717) is 11.1 Å². The van der Waals surface area contributed by atoms with Crippen LogP contribution < -0.4 is 10.6 Å². The SMILES string of the molecule is CC(NC(C(=O)NC1CC1)c1ccc(F)cc1)c1ccc(F)c(F)c1. The van der Waals surface area contributed by atoms with Gasteiger partial charge in [0.15, 0.2) is 11.6 Å². The van der Waals surface area contributed by atoms with Crippen molar-refractivity contribution in [1.29, 1.82) is 0 Å². The lowest BCUT2D eigenvalue weighted by molar-refractivity contribution is -0.123. The Kier molecular flexibility index (Phi) is 5.08. The highest BCUT2D eigenvalue weighted by molar-refractivity contribution is 5.83. The highest BCUT2D eigenvalue weighted by Gasteiger charge is 2.29. The lowest BCUT2D eigenvalue weighted by Crippen LogP contribution is -2.39. The van der Waals surface area contributed by atoms with Gasteiger partial charge in [0.2, 0.25) is 5.91 Å². The maximum Gasteiger partial charge on any atom is 0.241 e. The van der Waals surface area contributed by atoms with E-state index in [1.807, 2.05) is 0 Å². The van der Waals surface area contributed by atoms with Crippen molar-refractivity contribution in [2.24, 2.45) is 0 Å². The predicted molar refractivity (Wildman–Crippen MR) is 88.2 cm³/mol. The van der Waals surface area contributed by atoms with Crippen LogP contribution in [0, 0.1) is 17.5 Å². The Bertz CT molecular complexity index is 760. The summed E-state index contributed by atoms with van der Waals surface area (Å²) in [7, 11) is 0. The molecule has 2 N–H and O–H groups in total. The molecule has 0 radical (unpaired) electrons. The van der Waals surface area contributed by atoms with Crippen molar-refractivity contribution in [2.45, 2.75) is 37.9 Å². The lowest BCUT2D eigenvalue weighted by Gasteiger charge is -2.23. The molecule has 1 aliphatic carbocycles. The second-order valence-electron chi connectivity index (χ2n) is 6.33. The van der Waals surface area contributed by atoms with Crippen LogP contribution in [0.3, 0.4) is 0 Å². The van der Waals surface area contributed by atoms with Crippen LogP contribution in [0.4, 0.5) is 13.2 Å². The van der Waals surface area contributed by atoms with Crippen molar-refractivity contribution < 1.29 is 18.0 Å². The molecule has 2 unspecified atom stereocenters.